The molecule has 0 radical (unpaired) electrons. The van der Waals surface area contributed by atoms with E-state index in [1.807, 2.05) is 24.4 Å². The highest BCUT2D eigenvalue weighted by Gasteiger charge is 2.25. The first kappa shape index (κ1) is 18.3. The minimum Gasteiger partial charge on any atom is -0.378 e. The van der Waals surface area contributed by atoms with Crippen molar-refractivity contribution < 1.29 is 4.74 Å². The molecule has 0 spiro atoms. The van der Waals surface area contributed by atoms with Gasteiger partial charge in [-0.2, -0.15) is 4.98 Å². The molecule has 8 heteroatoms. The minimum atomic E-state index is 0.378. The van der Waals surface area contributed by atoms with Crippen molar-refractivity contribution in [2.24, 2.45) is 0 Å². The van der Waals surface area contributed by atoms with Crippen molar-refractivity contribution >= 4 is 29.2 Å². The van der Waals surface area contributed by atoms with Gasteiger partial charge < -0.3 is 19.4 Å². The maximum absolute atomic E-state index is 5.97. The number of anilines is 3. The molecule has 1 unspecified atom stereocenters. The van der Waals surface area contributed by atoms with Crippen LogP contribution in [0.5, 0.6) is 0 Å². The van der Waals surface area contributed by atoms with Crippen molar-refractivity contribution in [2.45, 2.75) is 18.9 Å². The summed E-state index contributed by atoms with van der Waals surface area (Å²) in [4.78, 5) is 20.5. The second-order valence-electron chi connectivity index (χ2n) is 7.00. The number of ether oxygens (including phenoxy) is 1. The van der Waals surface area contributed by atoms with E-state index in [2.05, 4.69) is 31.7 Å². The summed E-state index contributed by atoms with van der Waals surface area (Å²) in [7, 11) is 2.12. The van der Waals surface area contributed by atoms with Gasteiger partial charge in [-0.25, -0.2) is 9.97 Å². The van der Waals surface area contributed by atoms with Gasteiger partial charge >= 0.3 is 0 Å². The van der Waals surface area contributed by atoms with Gasteiger partial charge in [0.05, 0.1) is 18.2 Å². The van der Waals surface area contributed by atoms with Crippen LogP contribution >= 0.6 is 11.6 Å². The average Bonchev–Trinajstić information content (AvgIpc) is 2.74. The summed E-state index contributed by atoms with van der Waals surface area (Å²) in [5.74, 6) is 2.73. The lowest BCUT2D eigenvalue weighted by atomic mass is 10.0. The van der Waals surface area contributed by atoms with Crippen LogP contribution in [-0.2, 0) is 4.74 Å². The zero-order valence-electron chi connectivity index (χ0n) is 15.6. The van der Waals surface area contributed by atoms with Crippen LogP contribution in [0.1, 0.15) is 12.8 Å². The molecule has 144 valence electrons. The first-order valence-electron chi connectivity index (χ1n) is 9.46. The molecule has 4 rings (SSSR count). The predicted octanol–water partition coefficient (Wildman–Crippen LogP) is 2.47. The maximum Gasteiger partial charge on any atom is 0.227 e. The van der Waals surface area contributed by atoms with Gasteiger partial charge in [0.15, 0.2) is 0 Å². The molecule has 0 bridgehead atoms. The van der Waals surface area contributed by atoms with Crippen LogP contribution in [0.15, 0.2) is 30.6 Å². The Morgan fingerprint density at radius 1 is 1.11 bits per heavy atom. The van der Waals surface area contributed by atoms with Crippen LogP contribution in [0.4, 0.5) is 17.6 Å². The van der Waals surface area contributed by atoms with E-state index in [0.29, 0.717) is 11.1 Å². The number of nitrogens with zero attached hydrogens (tertiary/aromatic N) is 6. The van der Waals surface area contributed by atoms with Gasteiger partial charge in [0, 0.05) is 51.7 Å². The molecule has 4 heterocycles. The SMILES string of the molecule is CN(c1ccnc(N2CCOCC2)n1)C1CCCN(c2ccc(Cl)cn2)C1. The van der Waals surface area contributed by atoms with E-state index in [9.17, 15) is 0 Å². The Labute approximate surface area is 164 Å². The standard InChI is InChI=1S/C19H25ClN6O/c1-24(18-6-7-21-19(23-18)25-9-11-27-12-10-25)16-3-2-8-26(14-16)17-5-4-15(20)13-22-17/h4-7,13,16H,2-3,8-12,14H2,1H3. The Kier molecular flexibility index (Phi) is 5.59. The Balaban J connectivity index is 1.47. The second kappa shape index (κ2) is 8.27. The molecular weight excluding hydrogens is 364 g/mol. The highest BCUT2D eigenvalue weighted by atomic mass is 35.5. The van der Waals surface area contributed by atoms with Crippen LogP contribution < -0.4 is 14.7 Å². The number of halogens is 1. The van der Waals surface area contributed by atoms with Gasteiger partial charge in [0.2, 0.25) is 5.95 Å². The third-order valence-corrected chi connectivity index (χ3v) is 5.49. The number of hydrogen-bond donors (Lipinski definition) is 0. The molecule has 2 aliphatic rings. The number of rotatable bonds is 4. The van der Waals surface area contributed by atoms with Crippen LogP contribution in [0.25, 0.3) is 0 Å². The number of hydrogen-bond acceptors (Lipinski definition) is 7. The summed E-state index contributed by atoms with van der Waals surface area (Å²) in [5, 5.41) is 0.668. The largest absolute Gasteiger partial charge is 0.378 e. The van der Waals surface area contributed by atoms with E-state index < -0.39 is 0 Å². The van der Waals surface area contributed by atoms with Gasteiger partial charge in [0.1, 0.15) is 11.6 Å². The first-order chi connectivity index (χ1) is 13.2. The summed E-state index contributed by atoms with van der Waals surface area (Å²) in [6.07, 6.45) is 5.83. The number of piperidine rings is 1. The third-order valence-electron chi connectivity index (χ3n) is 5.26. The van der Waals surface area contributed by atoms with Gasteiger partial charge in [-0.3, -0.25) is 0 Å². The fourth-order valence-electron chi connectivity index (χ4n) is 3.67. The highest BCUT2D eigenvalue weighted by molar-refractivity contribution is 6.30. The molecule has 7 nitrogen and oxygen atoms in total. The van der Waals surface area contributed by atoms with Gasteiger partial charge in [-0.1, -0.05) is 11.6 Å². The fraction of sp³-hybridized carbons (Fsp3) is 0.526. The number of pyridine rings is 1. The predicted molar refractivity (Wildman–Crippen MR) is 108 cm³/mol. The molecule has 0 saturated carbocycles. The third kappa shape index (κ3) is 4.25. The lowest BCUT2D eigenvalue weighted by Gasteiger charge is -2.39. The maximum atomic E-state index is 5.97. The minimum absolute atomic E-state index is 0.378. The van der Waals surface area contributed by atoms with Crippen molar-refractivity contribution in [3.63, 3.8) is 0 Å². The van der Waals surface area contributed by atoms with Gasteiger partial charge in [0.25, 0.3) is 0 Å². The van der Waals surface area contributed by atoms with E-state index in [0.717, 1.165) is 69.8 Å². The Morgan fingerprint density at radius 2 is 1.96 bits per heavy atom. The summed E-state index contributed by atoms with van der Waals surface area (Å²) in [6, 6.07) is 6.26. The Hall–Kier alpha value is -2.12. The zero-order valence-corrected chi connectivity index (χ0v) is 16.3. The number of morpholine rings is 1. The summed E-state index contributed by atoms with van der Waals surface area (Å²) in [6.45, 7) is 5.08. The molecule has 0 aromatic carbocycles. The Morgan fingerprint density at radius 3 is 2.74 bits per heavy atom. The van der Waals surface area contributed by atoms with Crippen molar-refractivity contribution in [1.82, 2.24) is 15.0 Å². The highest BCUT2D eigenvalue weighted by Crippen LogP contribution is 2.24. The number of aromatic nitrogens is 3. The molecule has 2 aromatic heterocycles. The molecule has 2 saturated heterocycles. The van der Waals surface area contributed by atoms with Crippen LogP contribution in [0.2, 0.25) is 5.02 Å². The molecule has 0 N–H and O–H groups in total. The normalized spacial score (nSPS) is 20.6. The smallest absolute Gasteiger partial charge is 0.227 e. The Bertz CT molecular complexity index is 752. The van der Waals surface area contributed by atoms with Crippen LogP contribution in [0.3, 0.4) is 0 Å². The van der Waals surface area contributed by atoms with Crippen molar-refractivity contribution in [3.8, 4) is 0 Å². The van der Waals surface area contributed by atoms with E-state index in [4.69, 9.17) is 21.3 Å². The van der Waals surface area contributed by atoms with Crippen LogP contribution in [0, 0.1) is 0 Å². The summed E-state index contributed by atoms with van der Waals surface area (Å²) in [5.41, 5.74) is 0. The molecule has 27 heavy (non-hydrogen) atoms. The molecule has 2 aromatic rings. The average molecular weight is 389 g/mol. The lowest BCUT2D eigenvalue weighted by Crippen LogP contribution is -2.47. The second-order valence-corrected chi connectivity index (χ2v) is 7.44. The molecule has 1 atom stereocenters. The summed E-state index contributed by atoms with van der Waals surface area (Å²) < 4.78 is 5.43. The molecule has 0 aliphatic carbocycles. The van der Waals surface area contributed by atoms with E-state index in [1.165, 1.54) is 0 Å². The fourth-order valence-corrected chi connectivity index (χ4v) is 3.78. The van der Waals surface area contributed by atoms with E-state index >= 15 is 0 Å². The molecular formula is C19H25ClN6O. The van der Waals surface area contributed by atoms with E-state index in [1.54, 1.807) is 6.20 Å². The lowest BCUT2D eigenvalue weighted by molar-refractivity contribution is 0.122. The summed E-state index contributed by atoms with van der Waals surface area (Å²) >= 11 is 5.97. The number of likely N-dealkylation sites (N-methyl/N-ethyl adjacent to an activating group) is 1. The van der Waals surface area contributed by atoms with Crippen LogP contribution in [-0.4, -0.2) is 67.4 Å². The molecule has 0 amide bonds. The molecule has 2 fully saturated rings. The van der Waals surface area contributed by atoms with Gasteiger partial charge in [-0.15, -0.1) is 0 Å². The zero-order chi connectivity index (χ0) is 18.6. The topological polar surface area (TPSA) is 57.6 Å². The van der Waals surface area contributed by atoms with Gasteiger partial charge in [-0.05, 0) is 31.0 Å². The quantitative estimate of drug-likeness (QED) is 0.797. The monoisotopic (exact) mass is 388 g/mol. The first-order valence-corrected chi connectivity index (χ1v) is 9.83. The van der Waals surface area contributed by atoms with Crippen molar-refractivity contribution in [2.75, 3.05) is 61.1 Å². The van der Waals surface area contributed by atoms with E-state index in [-0.39, 0.29) is 0 Å². The van der Waals surface area contributed by atoms with Crippen molar-refractivity contribution in [1.29, 1.82) is 0 Å². The van der Waals surface area contributed by atoms with Crippen molar-refractivity contribution in [3.05, 3.63) is 35.6 Å². The molecule has 2 aliphatic heterocycles.